The summed E-state index contributed by atoms with van der Waals surface area (Å²) in [5.41, 5.74) is 4.96. The van der Waals surface area contributed by atoms with Gasteiger partial charge in [-0.1, -0.05) is 54.1 Å². The Hall–Kier alpha value is -3.31. The van der Waals surface area contributed by atoms with Crippen molar-refractivity contribution in [2.24, 2.45) is 0 Å². The summed E-state index contributed by atoms with van der Waals surface area (Å²) < 4.78 is 7.86. The minimum Gasteiger partial charge on any atom is -0.483 e. The zero-order valence-corrected chi connectivity index (χ0v) is 19.2. The molecular weight excluding hydrogens is 422 g/mol. The molecule has 3 aromatic carbocycles. The molecule has 0 aliphatic carbocycles. The highest BCUT2D eigenvalue weighted by Gasteiger charge is 2.19. The number of ether oxygens (including phenoxy) is 1. The Labute approximate surface area is 193 Å². The largest absolute Gasteiger partial charge is 0.483 e. The first-order valence-corrected chi connectivity index (χ1v) is 11.0. The van der Waals surface area contributed by atoms with Gasteiger partial charge in [-0.15, -0.1) is 0 Å². The van der Waals surface area contributed by atoms with Crippen LogP contribution in [0.4, 0.5) is 0 Å². The number of amides is 1. The van der Waals surface area contributed by atoms with Crippen molar-refractivity contribution in [3.05, 3.63) is 94.3 Å². The summed E-state index contributed by atoms with van der Waals surface area (Å²) in [6, 6.07) is 21.4. The van der Waals surface area contributed by atoms with Crippen molar-refractivity contribution < 1.29 is 9.53 Å². The maximum atomic E-state index is 12.6. The molecule has 1 unspecified atom stereocenters. The van der Waals surface area contributed by atoms with Crippen molar-refractivity contribution in [3.8, 4) is 5.75 Å². The van der Waals surface area contributed by atoms with E-state index in [1.807, 2.05) is 87.5 Å². The normalized spacial score (nSPS) is 12.0. The van der Waals surface area contributed by atoms with Crippen LogP contribution in [0, 0.1) is 13.8 Å². The topological polar surface area (TPSA) is 56.1 Å². The van der Waals surface area contributed by atoms with Crippen molar-refractivity contribution in [1.82, 2.24) is 14.9 Å². The summed E-state index contributed by atoms with van der Waals surface area (Å²) >= 11 is 6.41. The summed E-state index contributed by atoms with van der Waals surface area (Å²) in [5.74, 6) is 1.29. The Balaban J connectivity index is 1.54. The van der Waals surface area contributed by atoms with Crippen LogP contribution in [0.2, 0.25) is 5.02 Å². The second-order valence-electron chi connectivity index (χ2n) is 7.98. The molecule has 0 bridgehead atoms. The molecule has 1 heterocycles. The van der Waals surface area contributed by atoms with E-state index in [0.29, 0.717) is 11.6 Å². The SMILES string of the molecule is Cc1ccc(C)c(OCC(=O)NC(C)c2nc3ccccc3n2Cc2ccccc2Cl)c1. The van der Waals surface area contributed by atoms with Crippen molar-refractivity contribution >= 4 is 28.5 Å². The minimum absolute atomic E-state index is 0.0562. The molecule has 0 aliphatic rings. The van der Waals surface area contributed by atoms with Gasteiger partial charge in [-0.25, -0.2) is 4.98 Å². The summed E-state index contributed by atoms with van der Waals surface area (Å²) in [5, 5.41) is 3.73. The van der Waals surface area contributed by atoms with Crippen molar-refractivity contribution in [1.29, 1.82) is 0 Å². The predicted octanol–water partition coefficient (Wildman–Crippen LogP) is 5.61. The number of benzene rings is 3. The van der Waals surface area contributed by atoms with E-state index in [0.717, 1.165) is 39.3 Å². The third kappa shape index (κ3) is 4.78. The fourth-order valence-corrected chi connectivity index (χ4v) is 3.94. The van der Waals surface area contributed by atoms with Crippen LogP contribution in [0.25, 0.3) is 11.0 Å². The summed E-state index contributed by atoms with van der Waals surface area (Å²) in [6.45, 7) is 6.40. The van der Waals surface area contributed by atoms with Crippen LogP contribution in [-0.2, 0) is 11.3 Å². The van der Waals surface area contributed by atoms with Crippen LogP contribution in [0.5, 0.6) is 5.75 Å². The lowest BCUT2D eigenvalue weighted by Gasteiger charge is -2.17. The Kier molecular flexibility index (Phi) is 6.47. The molecule has 1 amide bonds. The molecule has 32 heavy (non-hydrogen) atoms. The van der Waals surface area contributed by atoms with Gasteiger partial charge in [0.2, 0.25) is 0 Å². The monoisotopic (exact) mass is 447 g/mol. The molecule has 0 spiro atoms. The molecule has 4 aromatic rings. The number of rotatable bonds is 7. The Bertz CT molecular complexity index is 1270. The van der Waals surface area contributed by atoms with Crippen LogP contribution >= 0.6 is 11.6 Å². The molecule has 4 rings (SSSR count). The van der Waals surface area contributed by atoms with Crippen LogP contribution in [0.3, 0.4) is 0 Å². The first kappa shape index (κ1) is 21.9. The highest BCUT2D eigenvalue weighted by molar-refractivity contribution is 6.31. The number of halogens is 1. The molecule has 0 aliphatic heterocycles. The van der Waals surface area contributed by atoms with E-state index in [1.54, 1.807) is 0 Å². The highest BCUT2D eigenvalue weighted by atomic mass is 35.5. The molecule has 0 saturated heterocycles. The molecule has 0 saturated carbocycles. The smallest absolute Gasteiger partial charge is 0.258 e. The third-order valence-electron chi connectivity index (χ3n) is 5.44. The molecule has 0 fully saturated rings. The maximum absolute atomic E-state index is 12.6. The zero-order chi connectivity index (χ0) is 22.7. The van der Waals surface area contributed by atoms with E-state index in [2.05, 4.69) is 9.88 Å². The quantitative estimate of drug-likeness (QED) is 0.400. The summed E-state index contributed by atoms with van der Waals surface area (Å²) in [7, 11) is 0. The fourth-order valence-electron chi connectivity index (χ4n) is 3.74. The molecule has 1 atom stereocenters. The number of aryl methyl sites for hydroxylation is 2. The molecule has 1 N–H and O–H groups in total. The molecule has 5 nitrogen and oxygen atoms in total. The minimum atomic E-state index is -0.306. The van der Waals surface area contributed by atoms with Crippen molar-refractivity contribution in [3.63, 3.8) is 0 Å². The van der Waals surface area contributed by atoms with Crippen LogP contribution in [0.1, 0.15) is 35.5 Å². The number of hydrogen-bond acceptors (Lipinski definition) is 3. The molecular formula is C26H26ClN3O2. The Morgan fingerprint density at radius 2 is 1.84 bits per heavy atom. The summed E-state index contributed by atoms with van der Waals surface area (Å²) in [6.07, 6.45) is 0. The number of aromatic nitrogens is 2. The second kappa shape index (κ2) is 9.45. The summed E-state index contributed by atoms with van der Waals surface area (Å²) in [4.78, 5) is 17.4. The van der Waals surface area contributed by atoms with Gasteiger partial charge in [0.1, 0.15) is 11.6 Å². The average molecular weight is 448 g/mol. The van der Waals surface area contributed by atoms with Crippen LogP contribution in [-0.4, -0.2) is 22.1 Å². The number of fused-ring (bicyclic) bond motifs is 1. The number of carbonyl (C=O) groups is 1. The van der Waals surface area contributed by atoms with Gasteiger partial charge in [0.05, 0.1) is 23.6 Å². The van der Waals surface area contributed by atoms with Crippen molar-refractivity contribution in [2.75, 3.05) is 6.61 Å². The van der Waals surface area contributed by atoms with Gasteiger partial charge in [0.25, 0.3) is 5.91 Å². The Morgan fingerprint density at radius 1 is 1.09 bits per heavy atom. The second-order valence-corrected chi connectivity index (χ2v) is 8.39. The highest BCUT2D eigenvalue weighted by Crippen LogP contribution is 2.25. The van der Waals surface area contributed by atoms with Gasteiger partial charge in [-0.05, 0) is 61.7 Å². The third-order valence-corrected chi connectivity index (χ3v) is 5.81. The predicted molar refractivity (Wildman–Crippen MR) is 128 cm³/mol. The first-order valence-electron chi connectivity index (χ1n) is 10.6. The maximum Gasteiger partial charge on any atom is 0.258 e. The lowest BCUT2D eigenvalue weighted by Crippen LogP contribution is -2.32. The van der Waals surface area contributed by atoms with E-state index in [1.165, 1.54) is 0 Å². The van der Waals surface area contributed by atoms with Gasteiger partial charge in [-0.3, -0.25) is 4.79 Å². The number of hydrogen-bond donors (Lipinski definition) is 1. The molecule has 0 radical (unpaired) electrons. The van der Waals surface area contributed by atoms with E-state index >= 15 is 0 Å². The number of nitrogens with one attached hydrogen (secondary N) is 1. The van der Waals surface area contributed by atoms with E-state index in [-0.39, 0.29) is 18.6 Å². The molecule has 1 aromatic heterocycles. The van der Waals surface area contributed by atoms with E-state index in [4.69, 9.17) is 21.3 Å². The zero-order valence-electron chi connectivity index (χ0n) is 18.4. The Morgan fingerprint density at radius 3 is 2.66 bits per heavy atom. The fraction of sp³-hybridized carbons (Fsp3) is 0.231. The van der Waals surface area contributed by atoms with Gasteiger partial charge in [0.15, 0.2) is 6.61 Å². The van der Waals surface area contributed by atoms with Crippen LogP contribution in [0.15, 0.2) is 66.7 Å². The number of para-hydroxylation sites is 2. The molecule has 6 heteroatoms. The van der Waals surface area contributed by atoms with Crippen LogP contribution < -0.4 is 10.1 Å². The van der Waals surface area contributed by atoms with Gasteiger partial charge < -0.3 is 14.6 Å². The lowest BCUT2D eigenvalue weighted by molar-refractivity contribution is -0.123. The van der Waals surface area contributed by atoms with E-state index < -0.39 is 0 Å². The molecule has 164 valence electrons. The van der Waals surface area contributed by atoms with Gasteiger partial charge in [-0.2, -0.15) is 0 Å². The number of carbonyl (C=O) groups excluding carboxylic acids is 1. The first-order chi connectivity index (χ1) is 15.4. The lowest BCUT2D eigenvalue weighted by atomic mass is 10.1. The number of imidazole rings is 1. The van der Waals surface area contributed by atoms with Gasteiger partial charge >= 0.3 is 0 Å². The number of nitrogens with zero attached hydrogens (tertiary/aromatic N) is 2. The average Bonchev–Trinajstić information content (AvgIpc) is 3.14. The standard InChI is InChI=1S/C26H26ClN3O2/c1-17-12-13-18(2)24(14-17)32-16-25(31)28-19(3)26-29-22-10-6-7-11-23(22)30(26)15-20-8-4-5-9-21(20)27/h4-14,19H,15-16H2,1-3H3,(H,28,31). The van der Waals surface area contributed by atoms with Gasteiger partial charge in [0, 0.05) is 5.02 Å². The van der Waals surface area contributed by atoms with Crippen molar-refractivity contribution in [2.45, 2.75) is 33.4 Å². The van der Waals surface area contributed by atoms with E-state index in [9.17, 15) is 4.79 Å².